The molecule has 142 valence electrons. The van der Waals surface area contributed by atoms with Crippen molar-refractivity contribution in [2.24, 2.45) is 0 Å². The van der Waals surface area contributed by atoms with Crippen molar-refractivity contribution in [1.82, 2.24) is 0 Å². The van der Waals surface area contributed by atoms with E-state index in [1.54, 1.807) is 24.3 Å². The lowest BCUT2D eigenvalue weighted by Gasteiger charge is -2.14. The van der Waals surface area contributed by atoms with Crippen molar-refractivity contribution < 1.29 is 14.5 Å². The minimum absolute atomic E-state index is 0.0206. The third-order valence-electron chi connectivity index (χ3n) is 4.15. The van der Waals surface area contributed by atoms with E-state index in [1.807, 2.05) is 36.4 Å². The van der Waals surface area contributed by atoms with E-state index in [0.29, 0.717) is 28.3 Å². The van der Waals surface area contributed by atoms with Crippen LogP contribution in [0.15, 0.2) is 72.8 Å². The average Bonchev–Trinajstić information content (AvgIpc) is 2.72. The van der Waals surface area contributed by atoms with Crippen LogP contribution in [0.25, 0.3) is 0 Å². The van der Waals surface area contributed by atoms with Gasteiger partial charge in [-0.15, -0.1) is 0 Å². The molecule has 0 spiro atoms. The van der Waals surface area contributed by atoms with Crippen LogP contribution in [-0.4, -0.2) is 17.9 Å². The molecule has 0 saturated carbocycles. The third-order valence-corrected chi connectivity index (χ3v) is 4.15. The highest BCUT2D eigenvalue weighted by atomic mass is 16.6. The number of para-hydroxylation sites is 2. The lowest BCUT2D eigenvalue weighted by molar-refractivity contribution is -0.384. The first-order chi connectivity index (χ1) is 13.6. The van der Waals surface area contributed by atoms with Gasteiger partial charge in [-0.1, -0.05) is 30.3 Å². The van der Waals surface area contributed by atoms with Crippen molar-refractivity contribution >= 4 is 23.0 Å². The van der Waals surface area contributed by atoms with Gasteiger partial charge in [0, 0.05) is 35.6 Å². The molecule has 0 aliphatic rings. The van der Waals surface area contributed by atoms with Crippen molar-refractivity contribution in [3.63, 3.8) is 0 Å². The van der Waals surface area contributed by atoms with Crippen LogP contribution in [0.5, 0.6) is 5.75 Å². The van der Waals surface area contributed by atoms with Gasteiger partial charge in [0.2, 0.25) is 0 Å². The van der Waals surface area contributed by atoms with Crippen molar-refractivity contribution in [1.29, 1.82) is 0 Å². The topological polar surface area (TPSA) is 93.5 Å². The number of benzene rings is 3. The van der Waals surface area contributed by atoms with Gasteiger partial charge in [0.25, 0.3) is 11.6 Å². The largest absolute Gasteiger partial charge is 0.496 e. The summed E-state index contributed by atoms with van der Waals surface area (Å²) in [4.78, 5) is 23.2. The Bertz CT molecular complexity index is 990. The molecule has 0 aliphatic carbocycles. The quantitative estimate of drug-likeness (QED) is 0.468. The molecule has 7 heteroatoms. The zero-order chi connectivity index (χ0) is 19.9. The predicted molar refractivity (Wildman–Crippen MR) is 108 cm³/mol. The summed E-state index contributed by atoms with van der Waals surface area (Å²) in [6.45, 7) is 0.264. The number of nitro groups is 1. The Hall–Kier alpha value is -3.87. The summed E-state index contributed by atoms with van der Waals surface area (Å²) in [5.41, 5.74) is 2.38. The Labute approximate surface area is 162 Å². The van der Waals surface area contributed by atoms with Crippen LogP contribution in [0.3, 0.4) is 0 Å². The molecule has 0 aromatic heterocycles. The standard InChI is InChI=1S/C21H19N3O4/c1-28-20-12-11-17(24(26)27)13-15(20)14-22-19-10-6-5-9-18(19)21(25)23-16-7-3-2-4-8-16/h2-13,22H,14H2,1H3,(H,23,25). The van der Waals surface area contributed by atoms with Crippen molar-refractivity contribution in [3.05, 3.63) is 94.0 Å². The highest BCUT2D eigenvalue weighted by Gasteiger charge is 2.14. The number of hydrogen-bond acceptors (Lipinski definition) is 5. The van der Waals surface area contributed by atoms with Gasteiger partial charge < -0.3 is 15.4 Å². The minimum atomic E-state index is -0.454. The highest BCUT2D eigenvalue weighted by Crippen LogP contribution is 2.26. The molecule has 28 heavy (non-hydrogen) atoms. The van der Waals surface area contributed by atoms with Gasteiger partial charge in [0.1, 0.15) is 5.75 Å². The summed E-state index contributed by atoms with van der Waals surface area (Å²) in [6, 6.07) is 20.7. The van der Waals surface area contributed by atoms with Crippen molar-refractivity contribution in [3.8, 4) is 5.75 Å². The number of nitrogens with zero attached hydrogens (tertiary/aromatic N) is 1. The van der Waals surface area contributed by atoms with Gasteiger partial charge >= 0.3 is 0 Å². The number of anilines is 2. The number of nitro benzene ring substituents is 1. The molecule has 3 rings (SSSR count). The summed E-state index contributed by atoms with van der Waals surface area (Å²) >= 11 is 0. The van der Waals surface area contributed by atoms with Crippen LogP contribution in [0.2, 0.25) is 0 Å². The Balaban J connectivity index is 1.80. The smallest absolute Gasteiger partial charge is 0.270 e. The Kier molecular flexibility index (Phi) is 5.86. The number of non-ortho nitro benzene ring substituents is 1. The number of nitrogens with one attached hydrogen (secondary N) is 2. The molecule has 0 atom stereocenters. The van der Waals surface area contributed by atoms with Gasteiger partial charge in [0.15, 0.2) is 0 Å². The molecule has 0 bridgehead atoms. The Morgan fingerprint density at radius 2 is 1.75 bits per heavy atom. The van der Waals surface area contributed by atoms with E-state index < -0.39 is 4.92 Å². The molecule has 0 aliphatic heterocycles. The average molecular weight is 377 g/mol. The number of amides is 1. The number of carbonyl (C=O) groups is 1. The number of hydrogen-bond donors (Lipinski definition) is 2. The fourth-order valence-electron chi connectivity index (χ4n) is 2.76. The van der Waals surface area contributed by atoms with Crippen LogP contribution >= 0.6 is 0 Å². The molecule has 7 nitrogen and oxygen atoms in total. The molecular weight excluding hydrogens is 358 g/mol. The van der Waals surface area contributed by atoms with E-state index in [0.717, 1.165) is 0 Å². The molecule has 0 heterocycles. The van der Waals surface area contributed by atoms with Crippen LogP contribution in [0.1, 0.15) is 15.9 Å². The van der Waals surface area contributed by atoms with Crippen molar-refractivity contribution in [2.45, 2.75) is 6.54 Å². The van der Waals surface area contributed by atoms with E-state index >= 15 is 0 Å². The lowest BCUT2D eigenvalue weighted by atomic mass is 10.1. The monoisotopic (exact) mass is 377 g/mol. The molecular formula is C21H19N3O4. The Morgan fingerprint density at radius 3 is 2.46 bits per heavy atom. The van der Waals surface area contributed by atoms with E-state index in [4.69, 9.17) is 4.74 Å². The van der Waals surface area contributed by atoms with E-state index in [1.165, 1.54) is 19.2 Å². The summed E-state index contributed by atoms with van der Waals surface area (Å²) in [5, 5.41) is 17.1. The van der Waals surface area contributed by atoms with Crippen LogP contribution in [0, 0.1) is 10.1 Å². The maximum Gasteiger partial charge on any atom is 0.270 e. The molecule has 3 aromatic rings. The first kappa shape index (κ1) is 18.9. The lowest BCUT2D eigenvalue weighted by Crippen LogP contribution is -2.15. The van der Waals surface area contributed by atoms with Gasteiger partial charge in [-0.25, -0.2) is 0 Å². The zero-order valence-corrected chi connectivity index (χ0v) is 15.2. The molecule has 2 N–H and O–H groups in total. The highest BCUT2D eigenvalue weighted by molar-refractivity contribution is 6.08. The minimum Gasteiger partial charge on any atom is -0.496 e. The summed E-state index contributed by atoms with van der Waals surface area (Å²) in [7, 11) is 1.51. The second-order valence-corrected chi connectivity index (χ2v) is 5.97. The molecule has 0 radical (unpaired) electrons. The summed E-state index contributed by atoms with van der Waals surface area (Å²) in [6.07, 6.45) is 0. The summed E-state index contributed by atoms with van der Waals surface area (Å²) in [5.74, 6) is 0.282. The molecule has 0 saturated heterocycles. The van der Waals surface area contributed by atoms with Crippen LogP contribution in [0.4, 0.5) is 17.1 Å². The second kappa shape index (κ2) is 8.68. The van der Waals surface area contributed by atoms with Crippen molar-refractivity contribution in [2.75, 3.05) is 17.7 Å². The maximum atomic E-state index is 12.6. The second-order valence-electron chi connectivity index (χ2n) is 5.97. The van der Waals surface area contributed by atoms with Crippen LogP contribution in [-0.2, 0) is 6.54 Å². The van der Waals surface area contributed by atoms with Gasteiger partial charge in [0.05, 0.1) is 17.6 Å². The van der Waals surface area contributed by atoms with Gasteiger partial charge in [-0.05, 0) is 30.3 Å². The van der Waals surface area contributed by atoms with E-state index in [-0.39, 0.29) is 18.1 Å². The molecule has 1 amide bonds. The SMILES string of the molecule is COc1ccc([N+](=O)[O-])cc1CNc1ccccc1C(=O)Nc1ccccc1. The third kappa shape index (κ3) is 4.45. The Morgan fingerprint density at radius 1 is 1.04 bits per heavy atom. The predicted octanol–water partition coefficient (Wildman–Crippen LogP) is 4.47. The zero-order valence-electron chi connectivity index (χ0n) is 15.2. The first-order valence-corrected chi connectivity index (χ1v) is 8.59. The summed E-state index contributed by atoms with van der Waals surface area (Å²) < 4.78 is 5.28. The fraction of sp³-hybridized carbons (Fsp3) is 0.0952. The maximum absolute atomic E-state index is 12.6. The number of methoxy groups -OCH3 is 1. The van der Waals surface area contributed by atoms with Crippen LogP contribution < -0.4 is 15.4 Å². The number of carbonyl (C=O) groups excluding carboxylic acids is 1. The number of ether oxygens (including phenoxy) is 1. The normalized spacial score (nSPS) is 10.2. The number of rotatable bonds is 7. The van der Waals surface area contributed by atoms with Gasteiger partial charge in [-0.3, -0.25) is 14.9 Å². The fourth-order valence-corrected chi connectivity index (χ4v) is 2.76. The molecule has 0 fully saturated rings. The van der Waals surface area contributed by atoms with E-state index in [9.17, 15) is 14.9 Å². The van der Waals surface area contributed by atoms with E-state index in [2.05, 4.69) is 10.6 Å². The molecule has 0 unspecified atom stereocenters. The first-order valence-electron chi connectivity index (χ1n) is 8.59. The van der Waals surface area contributed by atoms with Gasteiger partial charge in [-0.2, -0.15) is 0 Å². The molecule has 3 aromatic carbocycles.